The van der Waals surface area contributed by atoms with Crippen LogP contribution >= 0.6 is 0 Å². The Bertz CT molecular complexity index is 1620. The molecule has 0 amide bonds. The Morgan fingerprint density at radius 3 is 2.34 bits per heavy atom. The van der Waals surface area contributed by atoms with Crippen molar-refractivity contribution < 1.29 is 65.1 Å². The number of hydrogen-bond acceptors (Lipinski definition) is 14. The Morgan fingerprint density at radius 2 is 1.54 bits per heavy atom. The van der Waals surface area contributed by atoms with Crippen LogP contribution in [-0.4, -0.2) is 143 Å². The van der Waals surface area contributed by atoms with Gasteiger partial charge in [0.05, 0.1) is 80.0 Å². The maximum atomic E-state index is 14.1. The van der Waals surface area contributed by atoms with Gasteiger partial charge in [-0.05, 0) is 62.0 Å². The Morgan fingerprint density at radius 1 is 0.804 bits per heavy atom. The second-order valence-electron chi connectivity index (χ2n) is 18.2. The van der Waals surface area contributed by atoms with E-state index < -0.39 is 53.0 Å². The summed E-state index contributed by atoms with van der Waals surface area (Å²) in [5, 5.41) is 10.8. The van der Waals surface area contributed by atoms with Crippen molar-refractivity contribution >= 4 is 15.9 Å². The van der Waals surface area contributed by atoms with Gasteiger partial charge in [-0.15, -0.1) is 0 Å². The average molecular weight is 809 g/mol. The molecule has 14 nitrogen and oxygen atoms in total. The van der Waals surface area contributed by atoms with E-state index in [-0.39, 0.29) is 104 Å². The van der Waals surface area contributed by atoms with E-state index in [0.717, 1.165) is 55.9 Å². The van der Waals surface area contributed by atoms with Crippen molar-refractivity contribution in [3.8, 4) is 0 Å². The monoisotopic (exact) mass is 808 g/mol. The molecule has 56 heavy (non-hydrogen) atoms. The molecule has 2 unspecified atom stereocenters. The summed E-state index contributed by atoms with van der Waals surface area (Å²) in [4.78, 5) is 14.1. The van der Waals surface area contributed by atoms with E-state index in [0.29, 0.717) is 25.7 Å². The number of aliphatic hydroxyl groups excluding tert-OH is 1. The molecule has 10 saturated heterocycles. The molecule has 10 rings (SSSR count). The number of fused-ring (bicyclic) bond motifs is 6. The molecule has 1 N–H and O–H groups in total. The normalized spacial score (nSPS) is 49.8. The summed E-state index contributed by atoms with van der Waals surface area (Å²) < 4.78 is 88.1. The highest BCUT2D eigenvalue weighted by atomic mass is 32.2. The van der Waals surface area contributed by atoms with Crippen molar-refractivity contribution in [2.24, 2.45) is 11.8 Å². The van der Waals surface area contributed by atoms with Crippen molar-refractivity contribution in [3.05, 3.63) is 24.3 Å². The first-order chi connectivity index (χ1) is 26.7. The van der Waals surface area contributed by atoms with E-state index in [1.807, 2.05) is 0 Å². The number of Topliss-reactive ketones (excluding diaryl/α,β-unsaturated/α-hetero) is 1. The largest absolute Gasteiger partial charge is 0.391 e. The minimum Gasteiger partial charge on any atom is -0.391 e. The summed E-state index contributed by atoms with van der Waals surface area (Å²) in [6.07, 6.45) is 3.43. The van der Waals surface area contributed by atoms with Crippen LogP contribution in [0.15, 0.2) is 24.3 Å². The van der Waals surface area contributed by atoms with Crippen LogP contribution in [0.2, 0.25) is 0 Å². The fourth-order valence-electron chi connectivity index (χ4n) is 11.5. The van der Waals surface area contributed by atoms with Crippen molar-refractivity contribution in [1.82, 2.24) is 0 Å². The van der Waals surface area contributed by atoms with Gasteiger partial charge in [-0.25, -0.2) is 0 Å². The van der Waals surface area contributed by atoms with E-state index in [1.54, 1.807) is 7.11 Å². The molecule has 314 valence electrons. The van der Waals surface area contributed by atoms with Gasteiger partial charge in [0, 0.05) is 51.6 Å². The van der Waals surface area contributed by atoms with Crippen LogP contribution in [0, 0.1) is 11.8 Å². The van der Waals surface area contributed by atoms with Crippen LogP contribution in [0.5, 0.6) is 0 Å². The predicted octanol–water partition coefficient (Wildman–Crippen LogP) is 3.46. The minimum atomic E-state index is -3.75. The van der Waals surface area contributed by atoms with Crippen molar-refractivity contribution in [2.45, 2.75) is 194 Å². The highest BCUT2D eigenvalue weighted by molar-refractivity contribution is 7.85. The van der Waals surface area contributed by atoms with Crippen LogP contribution in [0.25, 0.3) is 0 Å². The number of carbonyl (C=O) groups is 1. The van der Waals surface area contributed by atoms with Gasteiger partial charge in [0.25, 0.3) is 10.1 Å². The van der Waals surface area contributed by atoms with E-state index in [1.165, 1.54) is 0 Å². The summed E-state index contributed by atoms with van der Waals surface area (Å²) in [7, 11) is -2.17. The third kappa shape index (κ3) is 7.87. The Balaban J connectivity index is 0.979. The highest BCUT2D eigenvalue weighted by Gasteiger charge is 2.68. The summed E-state index contributed by atoms with van der Waals surface area (Å²) >= 11 is 0. The second kappa shape index (κ2) is 15.6. The lowest BCUT2D eigenvalue weighted by Crippen LogP contribution is -2.61. The Kier molecular flexibility index (Phi) is 11.2. The molecule has 0 aromatic rings. The van der Waals surface area contributed by atoms with Crippen LogP contribution in [0.1, 0.15) is 90.4 Å². The lowest BCUT2D eigenvalue weighted by atomic mass is 9.81. The van der Waals surface area contributed by atoms with Gasteiger partial charge in [0.2, 0.25) is 0 Å². The standard InChI is InChI=1S/C41H60O14S/c1-20-12-25-6-8-29-21(2)13-27(48-29)10-11-41-18-34-37(54-41)38-39(53-34)40(55-41)36-30(52-38)9-7-26(50-36)14-23(42)15-28-32(17-31(49-25)22(20)3)51-33(35(28)46-4)16-24(43)19-47-56(5,44)45/h20,24-40,43H,2-3,6-19H2,1,4-5H3/t20-,24+,25+,26-,27+,28+,29+,30+,31-,32?,33-,34-,35-,36+,37?,38+,39-,40+,41+/m1/s1. The molecule has 10 aliphatic rings. The summed E-state index contributed by atoms with van der Waals surface area (Å²) in [5.74, 6) is -0.927. The zero-order valence-corrected chi connectivity index (χ0v) is 33.7. The number of carbonyl (C=O) groups excluding carboxylic acids is 1. The molecule has 12 bridgehead atoms. The second-order valence-corrected chi connectivity index (χ2v) is 19.8. The number of ether oxygens (including phenoxy) is 9. The van der Waals surface area contributed by atoms with Crippen LogP contribution in [-0.2, 0) is 61.7 Å². The zero-order valence-electron chi connectivity index (χ0n) is 32.9. The topological polar surface area (TPSA) is 164 Å². The molecule has 0 aromatic heterocycles. The smallest absolute Gasteiger partial charge is 0.264 e. The molecule has 1 spiro atoms. The van der Waals surface area contributed by atoms with Crippen molar-refractivity contribution in [1.29, 1.82) is 0 Å². The molecule has 10 heterocycles. The van der Waals surface area contributed by atoms with E-state index >= 15 is 0 Å². The van der Waals surface area contributed by atoms with Gasteiger partial charge >= 0.3 is 0 Å². The van der Waals surface area contributed by atoms with E-state index in [4.69, 9.17) is 46.8 Å². The van der Waals surface area contributed by atoms with Crippen molar-refractivity contribution in [2.75, 3.05) is 20.0 Å². The van der Waals surface area contributed by atoms with Crippen LogP contribution < -0.4 is 0 Å². The number of rotatable bonds is 6. The Hall–Kier alpha value is -1.34. The highest BCUT2D eigenvalue weighted by Crippen LogP contribution is 2.54. The van der Waals surface area contributed by atoms with Crippen LogP contribution in [0.3, 0.4) is 0 Å². The molecular formula is C41H60O14S. The molecular weight excluding hydrogens is 749 g/mol. The lowest BCUT2D eigenvalue weighted by Gasteiger charge is -2.47. The van der Waals surface area contributed by atoms with Gasteiger partial charge < -0.3 is 47.7 Å². The van der Waals surface area contributed by atoms with Gasteiger partial charge in [0.15, 0.2) is 5.79 Å². The van der Waals surface area contributed by atoms with Gasteiger partial charge in [0.1, 0.15) is 36.3 Å². The SMILES string of the molecule is C=C1C[C@@H]2CC[C@@]34C[C@H]5O[C@H]6[C@@H](O3)[C@H]3O[C@H](CC[C@@H]3O[C@H]6C5O4)CC(=O)C[C@H]3C(C[C@H]4O[C@@H](CC[C@@H]1O2)C[C@@H](C)C4=C)O[C@H](C[C@H](O)COS(C)(=O)=O)[C@@H]3OC. The molecule has 0 radical (unpaired) electrons. The molecule has 10 fully saturated rings. The summed E-state index contributed by atoms with van der Waals surface area (Å²) in [6.45, 7) is 10.6. The number of ketones is 1. The van der Waals surface area contributed by atoms with Gasteiger partial charge in [-0.1, -0.05) is 20.1 Å². The third-order valence-corrected chi connectivity index (χ3v) is 14.7. The van der Waals surface area contributed by atoms with Crippen molar-refractivity contribution in [3.63, 3.8) is 0 Å². The first-order valence-electron chi connectivity index (χ1n) is 21.0. The molecule has 0 saturated carbocycles. The number of hydrogen-bond donors (Lipinski definition) is 1. The van der Waals surface area contributed by atoms with E-state index in [2.05, 4.69) is 20.1 Å². The van der Waals surface area contributed by atoms with Crippen LogP contribution in [0.4, 0.5) is 0 Å². The van der Waals surface area contributed by atoms with Gasteiger partial charge in [-0.3, -0.25) is 8.98 Å². The minimum absolute atomic E-state index is 0.0168. The fraction of sp³-hybridized carbons (Fsp3) is 0.878. The molecule has 0 aliphatic carbocycles. The zero-order chi connectivity index (χ0) is 39.1. The Labute approximate surface area is 330 Å². The predicted molar refractivity (Wildman–Crippen MR) is 198 cm³/mol. The molecule has 10 aliphatic heterocycles. The summed E-state index contributed by atoms with van der Waals surface area (Å²) in [6, 6.07) is 0. The molecule has 0 aromatic carbocycles. The number of aliphatic hydroxyl groups is 1. The number of methoxy groups -OCH3 is 1. The first kappa shape index (κ1) is 40.1. The van der Waals surface area contributed by atoms with E-state index in [9.17, 15) is 18.3 Å². The molecule has 15 heteroatoms. The third-order valence-electron chi connectivity index (χ3n) is 14.2. The molecule has 19 atom stereocenters. The maximum absolute atomic E-state index is 14.1. The van der Waals surface area contributed by atoms with Gasteiger partial charge in [-0.2, -0.15) is 8.42 Å². The average Bonchev–Trinajstić information content (AvgIpc) is 3.82. The quantitative estimate of drug-likeness (QED) is 0.307. The lowest BCUT2D eigenvalue weighted by molar-refractivity contribution is -0.292. The first-order valence-corrected chi connectivity index (χ1v) is 22.8. The fourth-order valence-corrected chi connectivity index (χ4v) is 11.9. The maximum Gasteiger partial charge on any atom is 0.264 e. The summed E-state index contributed by atoms with van der Waals surface area (Å²) in [5.41, 5.74) is 2.10.